The second kappa shape index (κ2) is 9.67. The van der Waals surface area contributed by atoms with Gasteiger partial charge >= 0.3 is 0 Å². The van der Waals surface area contributed by atoms with E-state index in [9.17, 15) is 10.2 Å². The van der Waals surface area contributed by atoms with Gasteiger partial charge in [-0.05, 0) is 25.6 Å². The van der Waals surface area contributed by atoms with Crippen LogP contribution in [0.3, 0.4) is 0 Å². The maximum Gasteiger partial charge on any atom is 0.167 e. The number of imidazole rings is 1. The number of likely N-dealkylation sites (N-methyl/N-ethyl adjacent to an activating group) is 1. The van der Waals surface area contributed by atoms with Crippen LogP contribution in [0.15, 0.2) is 43.0 Å². The van der Waals surface area contributed by atoms with Gasteiger partial charge in [-0.3, -0.25) is 4.57 Å². The van der Waals surface area contributed by atoms with Crippen molar-refractivity contribution in [2.24, 2.45) is 0 Å². The molecule has 0 aliphatic carbocycles. The molecule has 0 bridgehead atoms. The average molecular weight is 428 g/mol. The molecule has 3 aromatic rings. The molecule has 5 N–H and O–H groups in total. The molecule has 1 aromatic carbocycles. The molecule has 0 radical (unpaired) electrons. The van der Waals surface area contributed by atoms with E-state index in [2.05, 4.69) is 37.3 Å². The largest absolute Gasteiger partial charge is 0.387 e. The third kappa shape index (κ3) is 4.83. The number of aliphatic hydroxyl groups is 2. The number of rotatable bonds is 9. The van der Waals surface area contributed by atoms with E-state index >= 15 is 0 Å². The summed E-state index contributed by atoms with van der Waals surface area (Å²) in [7, 11) is 1.97. The minimum Gasteiger partial charge on any atom is -0.387 e. The second-order valence-corrected chi connectivity index (χ2v) is 7.88. The van der Waals surface area contributed by atoms with Crippen LogP contribution in [0, 0.1) is 0 Å². The number of nitrogens with one attached hydrogen (secondary N) is 1. The van der Waals surface area contributed by atoms with E-state index in [4.69, 9.17) is 10.5 Å². The van der Waals surface area contributed by atoms with Gasteiger partial charge in [-0.15, -0.1) is 0 Å². The molecule has 1 fully saturated rings. The fraction of sp³-hybridized carbons (Fsp3) is 0.476. The number of hydrogen-bond donors (Lipinski definition) is 4. The highest BCUT2D eigenvalue weighted by Gasteiger charge is 2.44. The van der Waals surface area contributed by atoms with Crippen LogP contribution in [0.25, 0.3) is 11.2 Å². The van der Waals surface area contributed by atoms with Gasteiger partial charge < -0.3 is 30.9 Å². The normalized spacial score (nSPS) is 23.7. The van der Waals surface area contributed by atoms with Crippen molar-refractivity contribution in [1.82, 2.24) is 29.7 Å². The lowest BCUT2D eigenvalue weighted by Gasteiger charge is -2.23. The van der Waals surface area contributed by atoms with Crippen LogP contribution in [0.5, 0.6) is 0 Å². The van der Waals surface area contributed by atoms with Crippen LogP contribution < -0.4 is 11.1 Å². The molecule has 0 spiro atoms. The van der Waals surface area contributed by atoms with E-state index in [1.165, 1.54) is 18.2 Å². The molecule has 10 heteroatoms. The summed E-state index contributed by atoms with van der Waals surface area (Å²) in [5.41, 5.74) is 8.04. The van der Waals surface area contributed by atoms with Gasteiger partial charge in [0, 0.05) is 19.6 Å². The number of ether oxygens (including phenoxy) is 1. The Hall–Kier alpha value is -2.63. The van der Waals surface area contributed by atoms with Gasteiger partial charge in [0.05, 0.1) is 6.33 Å². The van der Waals surface area contributed by atoms with E-state index in [0.717, 1.165) is 26.1 Å². The topological polar surface area (TPSA) is 135 Å². The van der Waals surface area contributed by atoms with Crippen molar-refractivity contribution in [2.75, 3.05) is 39.0 Å². The number of anilines is 1. The minimum absolute atomic E-state index is 0.257. The molecule has 3 heterocycles. The Balaban J connectivity index is 1.27. The maximum atomic E-state index is 10.6. The van der Waals surface area contributed by atoms with E-state index < -0.39 is 24.5 Å². The Morgan fingerprint density at radius 3 is 2.74 bits per heavy atom. The molecule has 0 amide bonds. The SMILES string of the molecule is CN(CCNCCc1ccccc1)C[C@H]1O[C@@H](n2cnc3c(N)ncnc32)[C@H](O)[C@@H]1O. The summed E-state index contributed by atoms with van der Waals surface area (Å²) in [5.74, 6) is 0.257. The Kier molecular flexibility index (Phi) is 6.73. The number of benzene rings is 1. The highest BCUT2D eigenvalue weighted by Crippen LogP contribution is 2.32. The highest BCUT2D eigenvalue weighted by molar-refractivity contribution is 5.81. The van der Waals surface area contributed by atoms with Crippen LogP contribution in [-0.4, -0.2) is 86.2 Å². The third-order valence-electron chi connectivity index (χ3n) is 5.59. The minimum atomic E-state index is -1.10. The summed E-state index contributed by atoms with van der Waals surface area (Å²) < 4.78 is 7.58. The smallest absolute Gasteiger partial charge is 0.167 e. The molecular weight excluding hydrogens is 398 g/mol. The lowest BCUT2D eigenvalue weighted by molar-refractivity contribution is -0.0420. The van der Waals surface area contributed by atoms with Gasteiger partial charge in [-0.2, -0.15) is 0 Å². The van der Waals surface area contributed by atoms with Crippen molar-refractivity contribution >= 4 is 17.0 Å². The number of nitrogens with two attached hydrogens (primary N) is 1. The van der Waals surface area contributed by atoms with Crippen molar-refractivity contribution in [3.63, 3.8) is 0 Å². The van der Waals surface area contributed by atoms with Gasteiger partial charge in [0.15, 0.2) is 17.7 Å². The number of nitrogens with zero attached hydrogens (tertiary/aromatic N) is 5. The first-order chi connectivity index (χ1) is 15.0. The summed E-state index contributed by atoms with van der Waals surface area (Å²) in [5, 5.41) is 24.5. The lowest BCUT2D eigenvalue weighted by atomic mass is 10.1. The van der Waals surface area contributed by atoms with Crippen LogP contribution in [0.1, 0.15) is 11.8 Å². The number of aliphatic hydroxyl groups excluding tert-OH is 2. The monoisotopic (exact) mass is 427 g/mol. The maximum absolute atomic E-state index is 10.6. The van der Waals surface area contributed by atoms with Crippen molar-refractivity contribution in [2.45, 2.75) is 31.0 Å². The zero-order valence-electron chi connectivity index (χ0n) is 17.5. The van der Waals surface area contributed by atoms with E-state index in [0.29, 0.717) is 17.7 Å². The summed E-state index contributed by atoms with van der Waals surface area (Å²) in [6.07, 6.45) is 0.368. The molecular formula is C21H29N7O3. The molecule has 4 rings (SSSR count). The zero-order valence-corrected chi connectivity index (χ0v) is 17.5. The van der Waals surface area contributed by atoms with Gasteiger partial charge in [0.25, 0.3) is 0 Å². The predicted molar refractivity (Wildman–Crippen MR) is 116 cm³/mol. The molecule has 2 aromatic heterocycles. The summed E-state index contributed by atoms with van der Waals surface area (Å²) in [4.78, 5) is 14.4. The number of nitrogen functional groups attached to an aromatic ring is 1. The van der Waals surface area contributed by atoms with Gasteiger partial charge in [0.2, 0.25) is 0 Å². The third-order valence-corrected chi connectivity index (χ3v) is 5.59. The Bertz CT molecular complexity index is 984. The Labute approximate surface area is 180 Å². The summed E-state index contributed by atoms with van der Waals surface area (Å²) >= 11 is 0. The molecule has 1 saturated heterocycles. The standard InChI is InChI=1S/C21H29N7O3/c1-27(10-9-23-8-7-14-5-3-2-4-6-14)11-15-17(29)18(30)21(31-15)28-13-26-16-19(22)24-12-25-20(16)28/h2-6,12-13,15,17-18,21,23,29-30H,7-11H2,1H3,(H2,22,24,25)/t15-,17-,18-,21-/m1/s1. The Morgan fingerprint density at radius 2 is 1.94 bits per heavy atom. The van der Waals surface area contributed by atoms with Crippen molar-refractivity contribution in [1.29, 1.82) is 0 Å². The Morgan fingerprint density at radius 1 is 1.13 bits per heavy atom. The first-order valence-electron chi connectivity index (χ1n) is 10.4. The van der Waals surface area contributed by atoms with Gasteiger partial charge in [0.1, 0.15) is 30.2 Å². The number of hydrogen-bond acceptors (Lipinski definition) is 9. The highest BCUT2D eigenvalue weighted by atomic mass is 16.6. The second-order valence-electron chi connectivity index (χ2n) is 7.88. The fourth-order valence-electron chi connectivity index (χ4n) is 3.84. The van der Waals surface area contributed by atoms with Crippen molar-refractivity contribution < 1.29 is 14.9 Å². The van der Waals surface area contributed by atoms with Crippen LogP contribution in [0.2, 0.25) is 0 Å². The molecule has 1 aliphatic heterocycles. The number of fused-ring (bicyclic) bond motifs is 1. The first-order valence-corrected chi connectivity index (χ1v) is 10.4. The molecule has 166 valence electrons. The van der Waals surface area contributed by atoms with E-state index in [-0.39, 0.29) is 5.82 Å². The molecule has 0 saturated carbocycles. The number of aromatic nitrogens is 4. The van der Waals surface area contributed by atoms with E-state index in [1.807, 2.05) is 25.2 Å². The first kappa shape index (κ1) is 21.6. The molecule has 4 atom stereocenters. The van der Waals surface area contributed by atoms with Crippen LogP contribution >= 0.6 is 0 Å². The van der Waals surface area contributed by atoms with Gasteiger partial charge in [-0.1, -0.05) is 30.3 Å². The quantitative estimate of drug-likeness (QED) is 0.342. The fourth-order valence-corrected chi connectivity index (χ4v) is 3.84. The van der Waals surface area contributed by atoms with E-state index in [1.54, 1.807) is 4.57 Å². The summed E-state index contributed by atoms with van der Waals surface area (Å²) in [6.45, 7) is 3.00. The van der Waals surface area contributed by atoms with Gasteiger partial charge in [-0.25, -0.2) is 15.0 Å². The van der Waals surface area contributed by atoms with Crippen LogP contribution in [-0.2, 0) is 11.2 Å². The van der Waals surface area contributed by atoms with Crippen molar-refractivity contribution in [3.05, 3.63) is 48.5 Å². The summed E-state index contributed by atoms with van der Waals surface area (Å²) in [6, 6.07) is 10.4. The molecule has 31 heavy (non-hydrogen) atoms. The van der Waals surface area contributed by atoms with Crippen LogP contribution in [0.4, 0.5) is 5.82 Å². The van der Waals surface area contributed by atoms with Crippen molar-refractivity contribution in [3.8, 4) is 0 Å². The zero-order chi connectivity index (χ0) is 21.8. The molecule has 10 nitrogen and oxygen atoms in total. The molecule has 1 aliphatic rings. The average Bonchev–Trinajstić information content (AvgIpc) is 3.32. The lowest BCUT2D eigenvalue weighted by Crippen LogP contribution is -2.40. The predicted octanol–water partition coefficient (Wildman–Crippen LogP) is -0.208. The molecule has 0 unspecified atom stereocenters.